The maximum atomic E-state index is 7.12. The van der Waals surface area contributed by atoms with Gasteiger partial charge in [0.2, 0.25) is 0 Å². The Bertz CT molecular complexity index is 2970. The molecule has 1 heterocycles. The van der Waals surface area contributed by atoms with Crippen LogP contribution < -0.4 is 4.74 Å². The zero-order valence-corrected chi connectivity index (χ0v) is 30.0. The molecule has 1 nitrogen and oxygen atoms in total. The van der Waals surface area contributed by atoms with Crippen LogP contribution in [0.3, 0.4) is 0 Å². The van der Waals surface area contributed by atoms with Gasteiger partial charge in [-0.25, -0.2) is 0 Å². The number of hydrogen-bond donors (Lipinski definition) is 0. The Labute approximate surface area is 320 Å². The minimum Gasteiger partial charge on any atom is -0.456 e. The summed E-state index contributed by atoms with van der Waals surface area (Å²) in [5, 5.41) is 2.53. The fourth-order valence-electron chi connectivity index (χ4n) is 10.4. The standard InChI is InChI=1S/C54H34O/c1-3-18-38(19-4-1)53(39-20-5-2-6-21-39)47-27-13-14-29-51(47)55-52-40(24-15-28-48(52)53)37-30-31-43-41-22-9-11-25-45(41)54(49(43)34-37)46-26-12-10-23-42(46)44-32-35-16-7-8-17-36(35)33-50(44)54/h1-34H. The molecule has 1 atom stereocenters. The molecule has 0 aromatic heterocycles. The summed E-state index contributed by atoms with van der Waals surface area (Å²) in [6.45, 7) is 0. The molecule has 9 aromatic rings. The Morgan fingerprint density at radius 1 is 0.291 bits per heavy atom. The highest BCUT2D eigenvalue weighted by Crippen LogP contribution is 2.64. The fraction of sp³-hybridized carbons (Fsp3) is 0.0370. The Hall–Kier alpha value is -6.96. The molecule has 1 spiro atoms. The van der Waals surface area contributed by atoms with E-state index in [4.69, 9.17) is 4.74 Å². The van der Waals surface area contributed by atoms with Gasteiger partial charge in [-0.15, -0.1) is 0 Å². The molecule has 2 aliphatic carbocycles. The van der Waals surface area contributed by atoms with Crippen LogP contribution in [0.25, 0.3) is 44.2 Å². The average molecular weight is 699 g/mol. The molecule has 0 N–H and O–H groups in total. The van der Waals surface area contributed by atoms with Gasteiger partial charge < -0.3 is 4.74 Å². The van der Waals surface area contributed by atoms with E-state index in [1.165, 1.54) is 66.4 Å². The van der Waals surface area contributed by atoms with E-state index in [0.29, 0.717) is 0 Å². The zero-order chi connectivity index (χ0) is 36.1. The third kappa shape index (κ3) is 3.92. The van der Waals surface area contributed by atoms with Crippen LogP contribution >= 0.6 is 0 Å². The normalized spacial score (nSPS) is 16.4. The van der Waals surface area contributed by atoms with Gasteiger partial charge in [0.15, 0.2) is 0 Å². The fourth-order valence-corrected chi connectivity index (χ4v) is 10.4. The topological polar surface area (TPSA) is 9.23 Å². The number of rotatable bonds is 3. The summed E-state index contributed by atoms with van der Waals surface area (Å²) in [4.78, 5) is 0. The third-order valence-corrected chi connectivity index (χ3v) is 12.6. The highest BCUT2D eigenvalue weighted by molar-refractivity contribution is 6.00. The number of ether oxygens (including phenoxy) is 1. The van der Waals surface area contributed by atoms with E-state index < -0.39 is 10.8 Å². The van der Waals surface area contributed by atoms with Gasteiger partial charge >= 0.3 is 0 Å². The summed E-state index contributed by atoms with van der Waals surface area (Å²) in [5.74, 6) is 1.78. The largest absolute Gasteiger partial charge is 0.456 e. The predicted octanol–water partition coefficient (Wildman–Crippen LogP) is 13.3. The van der Waals surface area contributed by atoms with Crippen LogP contribution in [0.2, 0.25) is 0 Å². The lowest BCUT2D eigenvalue weighted by atomic mass is 9.63. The van der Waals surface area contributed by atoms with Crippen molar-refractivity contribution in [1.29, 1.82) is 0 Å². The van der Waals surface area contributed by atoms with E-state index in [2.05, 4.69) is 206 Å². The molecule has 0 fully saturated rings. The van der Waals surface area contributed by atoms with E-state index in [9.17, 15) is 0 Å². The van der Waals surface area contributed by atoms with E-state index in [1.54, 1.807) is 0 Å². The van der Waals surface area contributed by atoms with Crippen LogP contribution in [0, 0.1) is 0 Å². The molecular weight excluding hydrogens is 665 g/mol. The second-order valence-electron chi connectivity index (χ2n) is 15.1. The molecule has 0 radical (unpaired) electrons. The van der Waals surface area contributed by atoms with Crippen molar-refractivity contribution in [3.8, 4) is 44.9 Å². The predicted molar refractivity (Wildman–Crippen MR) is 224 cm³/mol. The molecule has 9 aromatic carbocycles. The van der Waals surface area contributed by atoms with E-state index in [0.717, 1.165) is 33.8 Å². The first kappa shape index (κ1) is 30.5. The number of benzene rings is 9. The van der Waals surface area contributed by atoms with Gasteiger partial charge in [-0.3, -0.25) is 0 Å². The maximum Gasteiger partial charge on any atom is 0.140 e. The average Bonchev–Trinajstić information content (AvgIpc) is 3.71. The summed E-state index contributed by atoms with van der Waals surface area (Å²) in [6.07, 6.45) is 0. The second-order valence-corrected chi connectivity index (χ2v) is 15.1. The summed E-state index contributed by atoms with van der Waals surface area (Å²) in [5.41, 5.74) is 16.5. The lowest BCUT2D eigenvalue weighted by Crippen LogP contribution is -2.34. The highest BCUT2D eigenvalue weighted by atomic mass is 16.5. The SMILES string of the molecule is c1ccc(C2(c3ccccc3)c3ccccc3Oc3c(-c4ccc5c(c4)C4(c6ccccc6-5)c5ccccc5-c5cc6ccccc6cc54)cccc32)cc1. The van der Waals surface area contributed by atoms with Gasteiger partial charge in [0.25, 0.3) is 0 Å². The number of fused-ring (bicyclic) bond motifs is 13. The van der Waals surface area contributed by atoms with Crippen LogP contribution in [0.15, 0.2) is 206 Å². The molecule has 55 heavy (non-hydrogen) atoms. The van der Waals surface area contributed by atoms with Crippen molar-refractivity contribution in [1.82, 2.24) is 0 Å². The van der Waals surface area contributed by atoms with Crippen LogP contribution in [0.4, 0.5) is 0 Å². The molecule has 1 aliphatic heterocycles. The molecule has 12 rings (SSSR count). The summed E-state index contributed by atoms with van der Waals surface area (Å²) < 4.78 is 7.12. The third-order valence-electron chi connectivity index (χ3n) is 12.6. The summed E-state index contributed by atoms with van der Waals surface area (Å²) in [6, 6.07) is 76.1. The first-order chi connectivity index (χ1) is 27.3. The van der Waals surface area contributed by atoms with Crippen LogP contribution in [-0.2, 0) is 10.8 Å². The van der Waals surface area contributed by atoms with E-state index in [-0.39, 0.29) is 0 Å². The molecule has 1 unspecified atom stereocenters. The van der Waals surface area contributed by atoms with E-state index in [1.807, 2.05) is 0 Å². The molecule has 0 bridgehead atoms. The van der Waals surface area contributed by atoms with Gasteiger partial charge in [0.05, 0.1) is 10.8 Å². The molecule has 0 amide bonds. The molecule has 256 valence electrons. The van der Waals surface area contributed by atoms with Crippen molar-refractivity contribution in [3.63, 3.8) is 0 Å². The van der Waals surface area contributed by atoms with Crippen molar-refractivity contribution in [2.75, 3.05) is 0 Å². The quantitative estimate of drug-likeness (QED) is 0.178. The molecule has 0 saturated carbocycles. The van der Waals surface area contributed by atoms with Gasteiger partial charge in [0, 0.05) is 16.7 Å². The summed E-state index contributed by atoms with van der Waals surface area (Å²) in [7, 11) is 0. The Balaban J connectivity index is 1.15. The number of hydrogen-bond acceptors (Lipinski definition) is 1. The van der Waals surface area contributed by atoms with Crippen molar-refractivity contribution >= 4 is 10.8 Å². The van der Waals surface area contributed by atoms with Gasteiger partial charge in [0.1, 0.15) is 11.5 Å². The van der Waals surface area contributed by atoms with Crippen molar-refractivity contribution in [2.45, 2.75) is 10.8 Å². The molecule has 0 saturated heterocycles. The molecule has 3 aliphatic rings. The van der Waals surface area contributed by atoms with Gasteiger partial charge in [-0.05, 0) is 96.2 Å². The monoisotopic (exact) mass is 698 g/mol. The first-order valence-electron chi connectivity index (χ1n) is 19.2. The Morgan fingerprint density at radius 3 is 1.51 bits per heavy atom. The van der Waals surface area contributed by atoms with Gasteiger partial charge in [-0.1, -0.05) is 182 Å². The van der Waals surface area contributed by atoms with Crippen LogP contribution in [0.5, 0.6) is 11.5 Å². The van der Waals surface area contributed by atoms with E-state index >= 15 is 0 Å². The maximum absolute atomic E-state index is 7.12. The lowest BCUT2D eigenvalue weighted by molar-refractivity contribution is 0.436. The minimum atomic E-state index is -0.582. The summed E-state index contributed by atoms with van der Waals surface area (Å²) >= 11 is 0. The van der Waals surface area contributed by atoms with Crippen molar-refractivity contribution in [3.05, 3.63) is 251 Å². The number of para-hydroxylation sites is 2. The smallest absolute Gasteiger partial charge is 0.140 e. The van der Waals surface area contributed by atoms with Crippen LogP contribution in [0.1, 0.15) is 44.5 Å². The lowest BCUT2D eigenvalue weighted by Gasteiger charge is -2.42. The Kier molecular flexibility index (Phi) is 6.25. The first-order valence-corrected chi connectivity index (χ1v) is 19.2. The molecule has 1 heteroatoms. The molecular formula is C54H34O. The second kappa shape index (κ2) is 11.3. The minimum absolute atomic E-state index is 0.460. The zero-order valence-electron chi connectivity index (χ0n) is 30.0. The van der Waals surface area contributed by atoms with Crippen LogP contribution in [-0.4, -0.2) is 0 Å². The van der Waals surface area contributed by atoms with Crippen molar-refractivity contribution < 1.29 is 4.74 Å². The van der Waals surface area contributed by atoms with Gasteiger partial charge in [-0.2, -0.15) is 0 Å². The Morgan fingerprint density at radius 2 is 0.800 bits per heavy atom. The van der Waals surface area contributed by atoms with Crippen molar-refractivity contribution in [2.24, 2.45) is 0 Å². The highest BCUT2D eigenvalue weighted by Gasteiger charge is 2.52.